The van der Waals surface area contributed by atoms with Gasteiger partial charge in [-0.05, 0) is 51.0 Å². The van der Waals surface area contributed by atoms with Crippen molar-refractivity contribution >= 4 is 17.9 Å². The highest BCUT2D eigenvalue weighted by Crippen LogP contribution is 2.33. The molecular formula is C27H34N4O5. The highest BCUT2D eigenvalue weighted by molar-refractivity contribution is 5.95. The van der Waals surface area contributed by atoms with E-state index in [1.54, 1.807) is 31.0 Å². The van der Waals surface area contributed by atoms with Crippen LogP contribution in [0.5, 0.6) is 0 Å². The Kier molecular flexibility index (Phi) is 7.49. The number of hydrogen-bond acceptors (Lipinski definition) is 6. The molecule has 2 atom stereocenters. The van der Waals surface area contributed by atoms with Gasteiger partial charge in [0.1, 0.15) is 0 Å². The van der Waals surface area contributed by atoms with Crippen LogP contribution in [0.4, 0.5) is 4.79 Å². The molecule has 1 N–H and O–H groups in total. The molecule has 2 aromatic rings. The lowest BCUT2D eigenvalue weighted by Crippen LogP contribution is -2.56. The predicted octanol–water partition coefficient (Wildman–Crippen LogP) is 3.26. The Morgan fingerprint density at radius 1 is 1.19 bits per heavy atom. The molecule has 9 nitrogen and oxygen atoms in total. The Morgan fingerprint density at radius 2 is 1.97 bits per heavy atom. The molecule has 3 amide bonds. The van der Waals surface area contributed by atoms with Crippen LogP contribution >= 0.6 is 0 Å². The smallest absolute Gasteiger partial charge is 0.338 e. The van der Waals surface area contributed by atoms with E-state index in [-0.39, 0.29) is 24.6 Å². The summed E-state index contributed by atoms with van der Waals surface area (Å²) in [5.41, 5.74) is 3.95. The lowest BCUT2D eigenvalue weighted by atomic mass is 9.90. The average Bonchev–Trinajstić information content (AvgIpc) is 3.38. The maximum absolute atomic E-state index is 13.3. The number of rotatable bonds is 6. The molecule has 1 saturated heterocycles. The van der Waals surface area contributed by atoms with Crippen LogP contribution in [-0.4, -0.2) is 78.5 Å². The monoisotopic (exact) mass is 494 g/mol. The van der Waals surface area contributed by atoms with Crippen LogP contribution in [-0.2, 0) is 9.53 Å². The van der Waals surface area contributed by atoms with Crippen LogP contribution in [0.3, 0.4) is 0 Å². The van der Waals surface area contributed by atoms with E-state index in [1.807, 2.05) is 39.0 Å². The second kappa shape index (κ2) is 10.6. The van der Waals surface area contributed by atoms with Gasteiger partial charge in [-0.15, -0.1) is 0 Å². The topological polar surface area (TPSA) is 95.3 Å². The molecule has 2 aliphatic rings. The number of likely N-dealkylation sites (N-methyl/N-ethyl adjacent to an activating group) is 1. The summed E-state index contributed by atoms with van der Waals surface area (Å²) in [6.07, 6.45) is 1.49. The molecule has 0 spiro atoms. The van der Waals surface area contributed by atoms with Crippen LogP contribution in [0.15, 0.2) is 52.3 Å². The number of hydrogen-bond donors (Lipinski definition) is 1. The van der Waals surface area contributed by atoms with E-state index in [4.69, 9.17) is 9.15 Å². The number of esters is 1. The van der Waals surface area contributed by atoms with E-state index in [2.05, 4.69) is 10.2 Å². The number of carbonyl (C=O) groups excluding carboxylic acids is 3. The molecule has 4 rings (SSSR count). The van der Waals surface area contributed by atoms with Gasteiger partial charge in [0.05, 0.1) is 24.5 Å². The Balaban J connectivity index is 1.64. The Bertz CT molecular complexity index is 1170. The van der Waals surface area contributed by atoms with Crippen molar-refractivity contribution in [3.05, 3.63) is 70.3 Å². The van der Waals surface area contributed by atoms with E-state index in [1.165, 1.54) is 11.2 Å². The third-order valence-electron chi connectivity index (χ3n) is 6.90. The lowest BCUT2D eigenvalue weighted by Gasteiger charge is -2.42. The lowest BCUT2D eigenvalue weighted by molar-refractivity contribution is -0.139. The van der Waals surface area contributed by atoms with E-state index in [9.17, 15) is 14.4 Å². The van der Waals surface area contributed by atoms with Crippen molar-refractivity contribution < 1.29 is 23.5 Å². The molecule has 0 saturated carbocycles. The number of aryl methyl sites for hydroxylation is 2. The van der Waals surface area contributed by atoms with Crippen molar-refractivity contribution in [3.63, 3.8) is 0 Å². The highest BCUT2D eigenvalue weighted by atomic mass is 16.5. The van der Waals surface area contributed by atoms with Gasteiger partial charge in [0.25, 0.3) is 5.91 Å². The number of furan rings is 1. The largest absolute Gasteiger partial charge is 0.463 e. The quantitative estimate of drug-likeness (QED) is 0.620. The molecule has 1 aromatic heterocycles. The van der Waals surface area contributed by atoms with Crippen LogP contribution in [0, 0.1) is 13.8 Å². The van der Waals surface area contributed by atoms with Gasteiger partial charge in [0.15, 0.2) is 5.76 Å². The van der Waals surface area contributed by atoms with Gasteiger partial charge in [-0.3, -0.25) is 14.6 Å². The van der Waals surface area contributed by atoms with Gasteiger partial charge < -0.3 is 19.4 Å². The molecular weight excluding hydrogens is 460 g/mol. The molecule has 0 radical (unpaired) electrons. The van der Waals surface area contributed by atoms with Gasteiger partial charge in [0, 0.05) is 45.0 Å². The van der Waals surface area contributed by atoms with Crippen LogP contribution in [0.25, 0.3) is 0 Å². The summed E-state index contributed by atoms with van der Waals surface area (Å²) in [5.74, 6) is -0.254. The number of urea groups is 1. The number of nitrogens with zero attached hydrogens (tertiary/aromatic N) is 3. The van der Waals surface area contributed by atoms with E-state index in [0.29, 0.717) is 43.2 Å². The fourth-order valence-corrected chi connectivity index (χ4v) is 4.93. The number of carbonyl (C=O) groups is 3. The van der Waals surface area contributed by atoms with Crippen molar-refractivity contribution in [3.8, 4) is 0 Å². The first-order chi connectivity index (χ1) is 17.2. The zero-order valence-corrected chi connectivity index (χ0v) is 21.5. The number of piperazine rings is 1. The first-order valence-electron chi connectivity index (χ1n) is 12.3. The van der Waals surface area contributed by atoms with E-state index in [0.717, 1.165) is 16.7 Å². The van der Waals surface area contributed by atoms with Gasteiger partial charge in [-0.25, -0.2) is 9.59 Å². The molecule has 1 fully saturated rings. The number of ether oxygens (including phenoxy) is 1. The molecule has 192 valence electrons. The Labute approximate surface area is 211 Å². The Hall–Kier alpha value is -3.59. The molecule has 1 aromatic carbocycles. The summed E-state index contributed by atoms with van der Waals surface area (Å²) in [4.78, 5) is 44.6. The second-order valence-electron chi connectivity index (χ2n) is 9.44. The molecule has 3 heterocycles. The van der Waals surface area contributed by atoms with Crippen LogP contribution in [0.2, 0.25) is 0 Å². The van der Waals surface area contributed by atoms with Gasteiger partial charge in [0.2, 0.25) is 0 Å². The van der Waals surface area contributed by atoms with Gasteiger partial charge in [-0.2, -0.15) is 0 Å². The fourth-order valence-electron chi connectivity index (χ4n) is 4.93. The van der Waals surface area contributed by atoms with Crippen molar-refractivity contribution in [1.29, 1.82) is 0 Å². The molecule has 36 heavy (non-hydrogen) atoms. The minimum Gasteiger partial charge on any atom is -0.463 e. The maximum Gasteiger partial charge on any atom is 0.338 e. The van der Waals surface area contributed by atoms with E-state index < -0.39 is 12.0 Å². The third kappa shape index (κ3) is 5.02. The normalized spacial score (nSPS) is 21.0. The SMILES string of the molecule is CCOC(=O)C1=C(CN2CCN(C(=O)c3ccco3)C(C)C2)N(C)C(=O)NC1c1cc(C)ccc1C. The molecule has 0 bridgehead atoms. The van der Waals surface area contributed by atoms with Crippen molar-refractivity contribution in [2.24, 2.45) is 0 Å². The first kappa shape index (κ1) is 25.5. The summed E-state index contributed by atoms with van der Waals surface area (Å²) in [7, 11) is 1.67. The van der Waals surface area contributed by atoms with Crippen molar-refractivity contribution in [1.82, 2.24) is 20.0 Å². The van der Waals surface area contributed by atoms with Crippen molar-refractivity contribution in [2.75, 3.05) is 39.8 Å². The minimum atomic E-state index is -0.609. The summed E-state index contributed by atoms with van der Waals surface area (Å²) in [5, 5.41) is 3.00. The zero-order valence-electron chi connectivity index (χ0n) is 21.5. The number of nitrogens with one attached hydrogen (secondary N) is 1. The summed E-state index contributed by atoms with van der Waals surface area (Å²) in [6, 6.07) is 8.42. The first-order valence-corrected chi connectivity index (χ1v) is 12.3. The minimum absolute atomic E-state index is 0.0690. The average molecular weight is 495 g/mol. The zero-order chi connectivity index (χ0) is 26.0. The third-order valence-corrected chi connectivity index (χ3v) is 6.90. The fraction of sp³-hybridized carbons (Fsp3) is 0.444. The van der Waals surface area contributed by atoms with Crippen molar-refractivity contribution in [2.45, 2.75) is 39.8 Å². The van der Waals surface area contributed by atoms with Crippen LogP contribution in [0.1, 0.15) is 47.1 Å². The standard InChI is InChI=1S/C27H34N4O5/c1-6-35-26(33)23-21(29(5)27(34)28-24(23)20-14-17(2)9-10-18(20)3)16-30-11-12-31(19(4)15-30)25(32)22-8-7-13-36-22/h7-10,13-14,19,24H,6,11-12,15-16H2,1-5H3,(H,28,34). The van der Waals surface area contributed by atoms with E-state index >= 15 is 0 Å². The Morgan fingerprint density at radius 3 is 2.64 bits per heavy atom. The van der Waals surface area contributed by atoms with Gasteiger partial charge in [-0.1, -0.05) is 23.8 Å². The second-order valence-corrected chi connectivity index (χ2v) is 9.44. The maximum atomic E-state index is 13.3. The number of benzene rings is 1. The summed E-state index contributed by atoms with van der Waals surface area (Å²) < 4.78 is 10.8. The van der Waals surface area contributed by atoms with Crippen LogP contribution < -0.4 is 5.32 Å². The predicted molar refractivity (Wildman–Crippen MR) is 134 cm³/mol. The summed E-state index contributed by atoms with van der Waals surface area (Å²) >= 11 is 0. The molecule has 2 aliphatic heterocycles. The summed E-state index contributed by atoms with van der Waals surface area (Å²) in [6.45, 7) is 10.0. The molecule has 2 unspecified atom stereocenters. The number of amides is 3. The molecule has 9 heteroatoms. The molecule has 0 aliphatic carbocycles. The highest BCUT2D eigenvalue weighted by Gasteiger charge is 2.39. The van der Waals surface area contributed by atoms with Gasteiger partial charge >= 0.3 is 12.0 Å².